The van der Waals surface area contributed by atoms with Crippen molar-refractivity contribution in [3.05, 3.63) is 29.6 Å². The summed E-state index contributed by atoms with van der Waals surface area (Å²) in [6.45, 7) is 6.61. The van der Waals surface area contributed by atoms with E-state index in [4.69, 9.17) is 4.74 Å². The Balaban J connectivity index is 2.60. The van der Waals surface area contributed by atoms with Gasteiger partial charge in [0.2, 0.25) is 5.91 Å². The Labute approximate surface area is 119 Å². The van der Waals surface area contributed by atoms with Gasteiger partial charge in [0.1, 0.15) is 0 Å². The molecule has 0 aliphatic heterocycles. The summed E-state index contributed by atoms with van der Waals surface area (Å²) in [5.41, 5.74) is 0.716. The Kier molecular flexibility index (Phi) is 6.45. The summed E-state index contributed by atoms with van der Waals surface area (Å²) in [5.74, 6) is -0.276. The normalized spacial score (nSPS) is 13.7. The number of halogens is 1. The van der Waals surface area contributed by atoms with Crippen molar-refractivity contribution >= 4 is 5.91 Å². The van der Waals surface area contributed by atoms with Crippen molar-refractivity contribution in [2.45, 2.75) is 39.3 Å². The molecule has 1 aromatic carbocycles. The van der Waals surface area contributed by atoms with Gasteiger partial charge in [0.25, 0.3) is 0 Å². The fourth-order valence-corrected chi connectivity index (χ4v) is 2.03. The van der Waals surface area contributed by atoms with Gasteiger partial charge in [0.15, 0.2) is 11.6 Å². The largest absolute Gasteiger partial charge is 0.494 e. The minimum atomic E-state index is -0.424. The molecule has 0 saturated carbocycles. The Hall–Kier alpha value is -1.62. The first-order valence-corrected chi connectivity index (χ1v) is 6.84. The van der Waals surface area contributed by atoms with Crippen molar-refractivity contribution in [3.63, 3.8) is 0 Å². The standard InChI is InChI=1S/C15H23FN2O2/c1-5-17-10(2)8-15(19)18-11(3)12-6-7-14(20-4)13(16)9-12/h6-7,9-11,17H,5,8H2,1-4H3,(H,18,19). The quantitative estimate of drug-likeness (QED) is 0.807. The maximum absolute atomic E-state index is 13.6. The molecule has 0 aromatic heterocycles. The highest BCUT2D eigenvalue weighted by atomic mass is 19.1. The van der Waals surface area contributed by atoms with Gasteiger partial charge in [0, 0.05) is 12.5 Å². The van der Waals surface area contributed by atoms with E-state index < -0.39 is 5.82 Å². The molecule has 2 unspecified atom stereocenters. The lowest BCUT2D eigenvalue weighted by atomic mass is 10.1. The van der Waals surface area contributed by atoms with Crippen LogP contribution in [0.5, 0.6) is 5.75 Å². The van der Waals surface area contributed by atoms with Crippen LogP contribution in [0.25, 0.3) is 0 Å². The molecule has 2 atom stereocenters. The van der Waals surface area contributed by atoms with Crippen LogP contribution < -0.4 is 15.4 Å². The summed E-state index contributed by atoms with van der Waals surface area (Å²) in [7, 11) is 1.42. The zero-order chi connectivity index (χ0) is 15.1. The maximum Gasteiger partial charge on any atom is 0.222 e. The van der Waals surface area contributed by atoms with E-state index in [1.807, 2.05) is 20.8 Å². The lowest BCUT2D eigenvalue weighted by molar-refractivity contribution is -0.122. The number of carbonyl (C=O) groups excluding carboxylic acids is 1. The highest BCUT2D eigenvalue weighted by Gasteiger charge is 2.14. The van der Waals surface area contributed by atoms with E-state index in [9.17, 15) is 9.18 Å². The van der Waals surface area contributed by atoms with Crippen LogP contribution in [0.3, 0.4) is 0 Å². The molecule has 1 rings (SSSR count). The summed E-state index contributed by atoms with van der Waals surface area (Å²) < 4.78 is 18.5. The number of hydrogen-bond donors (Lipinski definition) is 2. The highest BCUT2D eigenvalue weighted by Crippen LogP contribution is 2.21. The second-order valence-electron chi connectivity index (χ2n) is 4.85. The fraction of sp³-hybridized carbons (Fsp3) is 0.533. The van der Waals surface area contributed by atoms with Gasteiger partial charge in [-0.25, -0.2) is 4.39 Å². The monoisotopic (exact) mass is 282 g/mol. The summed E-state index contributed by atoms with van der Waals surface area (Å²) in [5, 5.41) is 6.04. The average molecular weight is 282 g/mol. The van der Waals surface area contributed by atoms with E-state index >= 15 is 0 Å². The number of ether oxygens (including phenoxy) is 1. The Morgan fingerprint density at radius 3 is 2.65 bits per heavy atom. The number of amides is 1. The van der Waals surface area contributed by atoms with Crippen molar-refractivity contribution in [2.24, 2.45) is 0 Å². The average Bonchev–Trinajstić information content (AvgIpc) is 2.38. The van der Waals surface area contributed by atoms with Gasteiger partial charge in [-0.15, -0.1) is 0 Å². The van der Waals surface area contributed by atoms with Gasteiger partial charge in [-0.1, -0.05) is 13.0 Å². The molecule has 0 saturated heterocycles. The Bertz CT molecular complexity index is 451. The van der Waals surface area contributed by atoms with Crippen LogP contribution in [0.4, 0.5) is 4.39 Å². The van der Waals surface area contributed by atoms with Gasteiger partial charge < -0.3 is 15.4 Å². The molecule has 0 aliphatic carbocycles. The Morgan fingerprint density at radius 1 is 1.40 bits per heavy atom. The van der Waals surface area contributed by atoms with Crippen LogP contribution >= 0.6 is 0 Å². The van der Waals surface area contributed by atoms with Crippen LogP contribution in [0.1, 0.15) is 38.8 Å². The first-order valence-electron chi connectivity index (χ1n) is 6.84. The SMILES string of the molecule is CCNC(C)CC(=O)NC(C)c1ccc(OC)c(F)c1. The molecule has 0 radical (unpaired) electrons. The summed E-state index contributed by atoms with van der Waals surface area (Å²) in [6.07, 6.45) is 0.400. The summed E-state index contributed by atoms with van der Waals surface area (Å²) in [4.78, 5) is 11.9. The van der Waals surface area contributed by atoms with Crippen molar-refractivity contribution in [1.82, 2.24) is 10.6 Å². The maximum atomic E-state index is 13.6. The zero-order valence-corrected chi connectivity index (χ0v) is 12.5. The molecule has 0 fully saturated rings. The summed E-state index contributed by atoms with van der Waals surface area (Å²) in [6, 6.07) is 4.59. The van der Waals surface area contributed by atoms with Crippen molar-refractivity contribution in [1.29, 1.82) is 0 Å². The molecule has 0 aliphatic rings. The van der Waals surface area contributed by atoms with E-state index in [-0.39, 0.29) is 23.7 Å². The number of benzene rings is 1. The van der Waals surface area contributed by atoms with E-state index in [1.54, 1.807) is 12.1 Å². The minimum Gasteiger partial charge on any atom is -0.494 e. The van der Waals surface area contributed by atoms with E-state index in [1.165, 1.54) is 13.2 Å². The third-order valence-corrected chi connectivity index (χ3v) is 3.10. The lowest BCUT2D eigenvalue weighted by Gasteiger charge is -2.17. The number of nitrogens with one attached hydrogen (secondary N) is 2. The zero-order valence-electron chi connectivity index (χ0n) is 12.5. The molecule has 4 nitrogen and oxygen atoms in total. The minimum absolute atomic E-state index is 0.0535. The predicted molar refractivity (Wildman–Crippen MR) is 77.3 cm³/mol. The van der Waals surface area contributed by atoms with Crippen LogP contribution in [-0.4, -0.2) is 25.6 Å². The molecule has 0 spiro atoms. The van der Waals surface area contributed by atoms with Crippen molar-refractivity contribution < 1.29 is 13.9 Å². The summed E-state index contributed by atoms with van der Waals surface area (Å²) >= 11 is 0. The molecule has 1 amide bonds. The molecular formula is C15H23FN2O2. The molecule has 5 heteroatoms. The van der Waals surface area contributed by atoms with Gasteiger partial charge >= 0.3 is 0 Å². The molecule has 0 bridgehead atoms. The van der Waals surface area contributed by atoms with Gasteiger partial charge in [-0.3, -0.25) is 4.79 Å². The number of methoxy groups -OCH3 is 1. The van der Waals surface area contributed by atoms with Crippen molar-refractivity contribution in [2.75, 3.05) is 13.7 Å². The third kappa shape index (κ3) is 4.81. The van der Waals surface area contributed by atoms with E-state index in [0.29, 0.717) is 12.0 Å². The predicted octanol–water partition coefficient (Wildman–Crippen LogP) is 2.40. The first-order chi connectivity index (χ1) is 9.47. The first kappa shape index (κ1) is 16.4. The van der Waals surface area contributed by atoms with Crippen LogP contribution in [0.15, 0.2) is 18.2 Å². The van der Waals surface area contributed by atoms with Crippen LogP contribution in [0.2, 0.25) is 0 Å². The molecule has 112 valence electrons. The second-order valence-corrected chi connectivity index (χ2v) is 4.85. The smallest absolute Gasteiger partial charge is 0.222 e. The number of carbonyl (C=O) groups is 1. The second kappa shape index (κ2) is 7.85. The van der Waals surface area contributed by atoms with Gasteiger partial charge in [-0.05, 0) is 38.1 Å². The molecule has 1 aromatic rings. The third-order valence-electron chi connectivity index (χ3n) is 3.10. The Morgan fingerprint density at radius 2 is 2.10 bits per heavy atom. The van der Waals surface area contributed by atoms with Gasteiger partial charge in [0.05, 0.1) is 13.2 Å². The van der Waals surface area contributed by atoms with Crippen LogP contribution in [0, 0.1) is 5.82 Å². The number of hydrogen-bond acceptors (Lipinski definition) is 3. The highest BCUT2D eigenvalue weighted by molar-refractivity contribution is 5.77. The topological polar surface area (TPSA) is 50.4 Å². The number of rotatable bonds is 7. The van der Waals surface area contributed by atoms with Crippen LogP contribution in [-0.2, 0) is 4.79 Å². The molecule has 20 heavy (non-hydrogen) atoms. The van der Waals surface area contributed by atoms with E-state index in [2.05, 4.69) is 10.6 Å². The molecular weight excluding hydrogens is 259 g/mol. The van der Waals surface area contributed by atoms with Crippen molar-refractivity contribution in [3.8, 4) is 5.75 Å². The molecule has 2 N–H and O–H groups in total. The fourth-order valence-electron chi connectivity index (χ4n) is 2.03. The van der Waals surface area contributed by atoms with E-state index in [0.717, 1.165) is 6.54 Å². The lowest BCUT2D eigenvalue weighted by Crippen LogP contribution is -2.34. The molecule has 0 heterocycles. The van der Waals surface area contributed by atoms with Gasteiger partial charge in [-0.2, -0.15) is 0 Å².